The number of sulfonamides is 1. The van der Waals surface area contributed by atoms with Crippen molar-refractivity contribution in [1.82, 2.24) is 4.72 Å². The molecule has 0 spiro atoms. The predicted molar refractivity (Wildman–Crippen MR) is 79.7 cm³/mol. The first-order valence-electron chi connectivity index (χ1n) is 6.13. The average Bonchev–Trinajstić information content (AvgIpc) is 2.25. The quantitative estimate of drug-likeness (QED) is 0.744. The summed E-state index contributed by atoms with van der Waals surface area (Å²) in [5, 5.41) is 0. The second kappa shape index (κ2) is 6.11. The van der Waals surface area contributed by atoms with Crippen molar-refractivity contribution in [3.05, 3.63) is 23.8 Å². The monoisotopic (exact) mass is 320 g/mol. The highest BCUT2D eigenvalue weighted by molar-refractivity contribution is 7.91. The Bertz CT molecular complexity index is 681. The third-order valence-corrected chi connectivity index (χ3v) is 5.41. The molecule has 114 valence electrons. The lowest BCUT2D eigenvalue weighted by molar-refractivity contribution is 0.564. The fraction of sp³-hybridized carbons (Fsp3) is 0.500. The first-order valence-corrected chi connectivity index (χ1v) is 9.68. The van der Waals surface area contributed by atoms with Gasteiger partial charge in [-0.25, -0.2) is 21.6 Å². The zero-order chi connectivity index (χ0) is 15.6. The van der Waals surface area contributed by atoms with Gasteiger partial charge in [-0.3, -0.25) is 0 Å². The van der Waals surface area contributed by atoms with Crippen LogP contribution >= 0.6 is 0 Å². The molecule has 0 heterocycles. The highest BCUT2D eigenvalue weighted by atomic mass is 32.2. The Morgan fingerprint density at radius 1 is 1.25 bits per heavy atom. The number of aryl methyl sites for hydroxylation is 1. The molecule has 1 unspecified atom stereocenters. The molecule has 1 rings (SSSR count). The minimum atomic E-state index is -3.77. The fourth-order valence-electron chi connectivity index (χ4n) is 1.88. The van der Waals surface area contributed by atoms with Crippen molar-refractivity contribution in [2.75, 3.05) is 17.7 Å². The molecule has 0 aliphatic carbocycles. The Balaban J connectivity index is 2.97. The Labute approximate surface area is 120 Å². The number of rotatable bonds is 6. The van der Waals surface area contributed by atoms with Crippen molar-refractivity contribution >= 4 is 25.5 Å². The molecule has 3 N–H and O–H groups in total. The number of nitrogens with one attached hydrogen (secondary N) is 1. The lowest BCUT2D eigenvalue weighted by Gasteiger charge is -2.14. The average molecular weight is 320 g/mol. The van der Waals surface area contributed by atoms with Crippen LogP contribution in [0, 0.1) is 0 Å². The van der Waals surface area contributed by atoms with Crippen LogP contribution in [0.1, 0.15) is 19.4 Å². The van der Waals surface area contributed by atoms with E-state index in [9.17, 15) is 16.8 Å². The van der Waals surface area contributed by atoms with Crippen LogP contribution in [0.15, 0.2) is 23.1 Å². The van der Waals surface area contributed by atoms with Crippen molar-refractivity contribution in [2.45, 2.75) is 31.2 Å². The maximum absolute atomic E-state index is 12.1. The lowest BCUT2D eigenvalue weighted by Crippen LogP contribution is -2.37. The fourth-order valence-corrected chi connectivity index (χ4v) is 4.26. The molecule has 0 saturated carbocycles. The van der Waals surface area contributed by atoms with Gasteiger partial charge in [-0.05, 0) is 31.0 Å². The lowest BCUT2D eigenvalue weighted by atomic mass is 10.1. The summed E-state index contributed by atoms with van der Waals surface area (Å²) in [6, 6.07) is 3.80. The van der Waals surface area contributed by atoms with Gasteiger partial charge in [0.15, 0.2) is 0 Å². The molecule has 0 radical (unpaired) electrons. The van der Waals surface area contributed by atoms with E-state index in [0.29, 0.717) is 12.1 Å². The first kappa shape index (κ1) is 16.9. The molecule has 0 fully saturated rings. The summed E-state index contributed by atoms with van der Waals surface area (Å²) in [6.45, 7) is 3.43. The van der Waals surface area contributed by atoms with E-state index in [4.69, 9.17) is 5.73 Å². The summed E-state index contributed by atoms with van der Waals surface area (Å²) in [5.74, 6) is -0.255. The van der Waals surface area contributed by atoms with Gasteiger partial charge in [0, 0.05) is 18.0 Å². The van der Waals surface area contributed by atoms with Crippen LogP contribution in [0.3, 0.4) is 0 Å². The Kier molecular flexibility index (Phi) is 5.17. The Hall–Kier alpha value is -1.12. The summed E-state index contributed by atoms with van der Waals surface area (Å²) in [6.07, 6.45) is 1.77. The van der Waals surface area contributed by atoms with E-state index >= 15 is 0 Å². The molecule has 0 aromatic heterocycles. The van der Waals surface area contributed by atoms with Crippen molar-refractivity contribution in [3.8, 4) is 0 Å². The molecule has 1 aromatic carbocycles. The maximum atomic E-state index is 12.1. The number of hydrogen-bond acceptors (Lipinski definition) is 5. The summed E-state index contributed by atoms with van der Waals surface area (Å²) >= 11 is 0. The van der Waals surface area contributed by atoms with Crippen LogP contribution in [0.4, 0.5) is 5.69 Å². The summed E-state index contributed by atoms with van der Waals surface area (Å²) < 4.78 is 48.9. The van der Waals surface area contributed by atoms with Crippen LogP contribution in [-0.4, -0.2) is 34.9 Å². The highest BCUT2D eigenvalue weighted by Crippen LogP contribution is 2.18. The van der Waals surface area contributed by atoms with Gasteiger partial charge in [0.2, 0.25) is 10.0 Å². The van der Waals surface area contributed by atoms with Crippen LogP contribution in [-0.2, 0) is 26.3 Å². The van der Waals surface area contributed by atoms with Gasteiger partial charge < -0.3 is 5.73 Å². The van der Waals surface area contributed by atoms with E-state index in [1.165, 1.54) is 19.1 Å². The molecule has 8 heteroatoms. The topological polar surface area (TPSA) is 106 Å². The van der Waals surface area contributed by atoms with Gasteiger partial charge in [0.25, 0.3) is 0 Å². The van der Waals surface area contributed by atoms with Gasteiger partial charge in [-0.1, -0.05) is 13.0 Å². The molecule has 0 aliphatic heterocycles. The van der Waals surface area contributed by atoms with Gasteiger partial charge in [0.1, 0.15) is 9.84 Å². The van der Waals surface area contributed by atoms with Gasteiger partial charge in [0.05, 0.1) is 10.6 Å². The molecule has 0 saturated heterocycles. The number of sulfone groups is 1. The molecule has 20 heavy (non-hydrogen) atoms. The normalized spacial score (nSPS) is 14.2. The number of nitrogen functional groups attached to an aromatic ring is 1. The SMILES string of the molecule is CCc1ccc(S(=O)(=O)NC(C)CS(C)(=O)=O)cc1N. The van der Waals surface area contributed by atoms with Crippen LogP contribution in [0.2, 0.25) is 0 Å². The zero-order valence-corrected chi connectivity index (χ0v) is 13.4. The second-order valence-electron chi connectivity index (χ2n) is 4.83. The summed E-state index contributed by atoms with van der Waals surface area (Å²) in [7, 11) is -7.02. The molecule has 0 aliphatic rings. The van der Waals surface area contributed by atoms with Crippen molar-refractivity contribution in [3.63, 3.8) is 0 Å². The molecule has 6 nitrogen and oxygen atoms in total. The summed E-state index contributed by atoms with van der Waals surface area (Å²) in [5.41, 5.74) is 7.05. The number of nitrogens with two attached hydrogens (primary N) is 1. The molecule has 0 bridgehead atoms. The predicted octanol–water partition coefficient (Wildman–Crippen LogP) is 0.543. The van der Waals surface area contributed by atoms with Crippen LogP contribution < -0.4 is 10.5 Å². The summed E-state index contributed by atoms with van der Waals surface area (Å²) in [4.78, 5) is 0.0348. The van der Waals surface area contributed by atoms with E-state index in [-0.39, 0.29) is 10.6 Å². The first-order chi connectivity index (χ1) is 9.05. The number of benzene rings is 1. The van der Waals surface area contributed by atoms with Crippen LogP contribution in [0.25, 0.3) is 0 Å². The minimum Gasteiger partial charge on any atom is -0.398 e. The van der Waals surface area contributed by atoms with Crippen molar-refractivity contribution in [1.29, 1.82) is 0 Å². The number of anilines is 1. The third-order valence-electron chi connectivity index (χ3n) is 2.72. The molecule has 1 atom stereocenters. The van der Waals surface area contributed by atoms with E-state index in [1.54, 1.807) is 6.07 Å². The Morgan fingerprint density at radius 2 is 1.85 bits per heavy atom. The molecule has 1 aromatic rings. The third kappa shape index (κ3) is 4.77. The van der Waals surface area contributed by atoms with E-state index in [0.717, 1.165) is 11.8 Å². The molecular weight excluding hydrogens is 300 g/mol. The van der Waals surface area contributed by atoms with Gasteiger partial charge in [-0.2, -0.15) is 0 Å². The van der Waals surface area contributed by atoms with E-state index in [2.05, 4.69) is 4.72 Å². The largest absolute Gasteiger partial charge is 0.398 e. The molecular formula is C12H20N2O4S2. The maximum Gasteiger partial charge on any atom is 0.240 e. The highest BCUT2D eigenvalue weighted by Gasteiger charge is 2.20. The van der Waals surface area contributed by atoms with Crippen molar-refractivity contribution in [2.24, 2.45) is 0 Å². The van der Waals surface area contributed by atoms with Gasteiger partial charge in [-0.15, -0.1) is 0 Å². The van der Waals surface area contributed by atoms with Gasteiger partial charge >= 0.3 is 0 Å². The minimum absolute atomic E-state index is 0.0348. The zero-order valence-electron chi connectivity index (χ0n) is 11.8. The second-order valence-corrected chi connectivity index (χ2v) is 8.73. The van der Waals surface area contributed by atoms with Crippen molar-refractivity contribution < 1.29 is 16.8 Å². The smallest absolute Gasteiger partial charge is 0.240 e. The number of hydrogen-bond donors (Lipinski definition) is 2. The standard InChI is InChI=1S/C12H20N2O4S2/c1-4-10-5-6-11(7-12(10)13)20(17,18)14-9(2)8-19(3,15)16/h5-7,9,14H,4,8,13H2,1-3H3. The van der Waals surface area contributed by atoms with E-state index < -0.39 is 25.9 Å². The molecule has 0 amide bonds. The van der Waals surface area contributed by atoms with E-state index in [1.807, 2.05) is 6.92 Å². The Morgan fingerprint density at radius 3 is 2.30 bits per heavy atom. The van der Waals surface area contributed by atoms with Crippen LogP contribution in [0.5, 0.6) is 0 Å².